The lowest BCUT2D eigenvalue weighted by molar-refractivity contribution is -0.187. The molecule has 1 amide bonds. The third-order valence-electron chi connectivity index (χ3n) is 5.13. The maximum atomic E-state index is 13.0. The summed E-state index contributed by atoms with van der Waals surface area (Å²) in [4.78, 5) is 18.6. The molecule has 2 heterocycles. The minimum absolute atomic E-state index is 0.00199. The van der Waals surface area contributed by atoms with E-state index in [2.05, 4.69) is 10.1 Å². The van der Waals surface area contributed by atoms with E-state index in [9.17, 15) is 18.0 Å². The molecule has 0 radical (unpaired) electrons. The summed E-state index contributed by atoms with van der Waals surface area (Å²) in [6, 6.07) is 0. The number of halogens is 3. The smallest absolute Gasteiger partial charge is 0.342 e. The van der Waals surface area contributed by atoms with Crippen molar-refractivity contribution < 1.29 is 22.5 Å². The monoisotopic (exact) mass is 345 g/mol. The third-order valence-corrected chi connectivity index (χ3v) is 5.13. The minimum Gasteiger partial charge on any atom is -0.342 e. The number of aryl methyl sites for hydroxylation is 1. The maximum Gasteiger partial charge on any atom is 0.391 e. The van der Waals surface area contributed by atoms with E-state index in [1.807, 2.05) is 0 Å². The van der Waals surface area contributed by atoms with Crippen molar-refractivity contribution in [3.05, 3.63) is 11.7 Å². The highest BCUT2D eigenvalue weighted by Gasteiger charge is 2.44. The highest BCUT2D eigenvalue weighted by molar-refractivity contribution is 5.79. The molecule has 24 heavy (non-hydrogen) atoms. The van der Waals surface area contributed by atoms with E-state index in [-0.39, 0.29) is 24.7 Å². The fourth-order valence-corrected chi connectivity index (χ4v) is 3.84. The average molecular weight is 345 g/mol. The number of carbonyl (C=O) groups excluding carboxylic acids is 1. The molecular formula is C16H22F3N3O2. The summed E-state index contributed by atoms with van der Waals surface area (Å²) in [6.07, 6.45) is -1.47. The Morgan fingerprint density at radius 3 is 2.71 bits per heavy atom. The largest absolute Gasteiger partial charge is 0.391 e. The molecule has 2 aliphatic rings. The summed E-state index contributed by atoms with van der Waals surface area (Å²) in [7, 11) is 0. The van der Waals surface area contributed by atoms with Gasteiger partial charge < -0.3 is 9.42 Å². The molecule has 0 unspecified atom stereocenters. The second kappa shape index (κ2) is 6.72. The van der Waals surface area contributed by atoms with Gasteiger partial charge in [-0.1, -0.05) is 11.6 Å². The molecule has 1 saturated heterocycles. The Balaban J connectivity index is 1.64. The van der Waals surface area contributed by atoms with E-state index >= 15 is 0 Å². The lowest BCUT2D eigenvalue weighted by Gasteiger charge is -2.36. The van der Waals surface area contributed by atoms with Crippen LogP contribution < -0.4 is 0 Å². The van der Waals surface area contributed by atoms with Crippen molar-refractivity contribution >= 4 is 5.91 Å². The molecule has 3 atom stereocenters. The molecule has 1 aromatic heterocycles. The second-order valence-electron chi connectivity index (χ2n) is 6.90. The first kappa shape index (κ1) is 17.2. The predicted octanol–water partition coefficient (Wildman–Crippen LogP) is 3.45. The van der Waals surface area contributed by atoms with E-state index in [0.29, 0.717) is 37.6 Å². The van der Waals surface area contributed by atoms with Gasteiger partial charge in [-0.2, -0.15) is 18.2 Å². The summed E-state index contributed by atoms with van der Waals surface area (Å²) < 4.78 is 43.9. The molecule has 8 heteroatoms. The molecule has 3 rings (SSSR count). The van der Waals surface area contributed by atoms with Crippen LogP contribution in [0.15, 0.2) is 4.52 Å². The van der Waals surface area contributed by atoms with Crippen molar-refractivity contribution in [3.63, 3.8) is 0 Å². The van der Waals surface area contributed by atoms with Crippen LogP contribution >= 0.6 is 0 Å². The lowest BCUT2D eigenvalue weighted by Crippen LogP contribution is -2.44. The number of amides is 1. The predicted molar refractivity (Wildman–Crippen MR) is 79.1 cm³/mol. The standard InChI is InChI=1S/C16H22F3N3O2/c1-10-20-14(21-24-10)12-5-3-7-22(9-12)15(23)11-4-2-6-13(8-11)16(17,18)19/h11-13H,2-9H2,1H3/t11-,12+,13-/m0/s1. The van der Waals surface area contributed by atoms with Gasteiger partial charge in [0.05, 0.1) is 5.92 Å². The number of piperidine rings is 1. The highest BCUT2D eigenvalue weighted by Crippen LogP contribution is 2.41. The number of hydrogen-bond donors (Lipinski definition) is 0. The SMILES string of the molecule is Cc1nc([C@@H]2CCCN(C(=O)[C@H]3CCC[C@H](C(F)(F)F)C3)C2)no1. The van der Waals surface area contributed by atoms with Gasteiger partial charge in [-0.3, -0.25) is 4.79 Å². The Labute approximate surface area is 138 Å². The Morgan fingerprint density at radius 2 is 2.04 bits per heavy atom. The van der Waals surface area contributed by atoms with Crippen LogP contribution in [0.1, 0.15) is 56.2 Å². The quantitative estimate of drug-likeness (QED) is 0.824. The zero-order chi connectivity index (χ0) is 17.3. The number of carbonyl (C=O) groups is 1. The van der Waals surface area contributed by atoms with Gasteiger partial charge in [0, 0.05) is 31.8 Å². The van der Waals surface area contributed by atoms with Crippen LogP contribution in [-0.2, 0) is 4.79 Å². The fraction of sp³-hybridized carbons (Fsp3) is 0.812. The topological polar surface area (TPSA) is 59.2 Å². The molecule has 2 fully saturated rings. The maximum absolute atomic E-state index is 13.0. The fourth-order valence-electron chi connectivity index (χ4n) is 3.84. The molecule has 0 aromatic carbocycles. The van der Waals surface area contributed by atoms with Crippen LogP contribution in [0.4, 0.5) is 13.2 Å². The molecule has 0 spiro atoms. The van der Waals surface area contributed by atoms with Crippen LogP contribution in [0.2, 0.25) is 0 Å². The summed E-state index contributed by atoms with van der Waals surface area (Å²) in [5, 5.41) is 3.92. The molecule has 134 valence electrons. The average Bonchev–Trinajstić information content (AvgIpc) is 3.00. The second-order valence-corrected chi connectivity index (χ2v) is 6.90. The number of likely N-dealkylation sites (tertiary alicyclic amines) is 1. The first-order valence-corrected chi connectivity index (χ1v) is 8.50. The van der Waals surface area contributed by atoms with Gasteiger partial charge in [0.1, 0.15) is 0 Å². The van der Waals surface area contributed by atoms with Crippen molar-refractivity contribution in [1.82, 2.24) is 15.0 Å². The van der Waals surface area contributed by atoms with Crippen molar-refractivity contribution in [1.29, 1.82) is 0 Å². The van der Waals surface area contributed by atoms with Crippen LogP contribution in [0, 0.1) is 18.8 Å². The zero-order valence-electron chi connectivity index (χ0n) is 13.7. The van der Waals surface area contributed by atoms with Gasteiger partial charge in [-0.25, -0.2) is 0 Å². The van der Waals surface area contributed by atoms with Gasteiger partial charge in [0.2, 0.25) is 11.8 Å². The first-order chi connectivity index (χ1) is 11.3. The number of aromatic nitrogens is 2. The molecule has 5 nitrogen and oxygen atoms in total. The zero-order valence-corrected chi connectivity index (χ0v) is 13.7. The highest BCUT2D eigenvalue weighted by atomic mass is 19.4. The Bertz CT molecular complexity index is 587. The number of alkyl halides is 3. The minimum atomic E-state index is -4.20. The summed E-state index contributed by atoms with van der Waals surface area (Å²) in [5.41, 5.74) is 0. The van der Waals surface area contributed by atoms with Crippen molar-refractivity contribution in [2.75, 3.05) is 13.1 Å². The summed E-state index contributed by atoms with van der Waals surface area (Å²) in [5.74, 6) is -0.941. The van der Waals surface area contributed by atoms with Gasteiger partial charge in [0.15, 0.2) is 5.82 Å². The van der Waals surface area contributed by atoms with E-state index in [1.165, 1.54) is 0 Å². The van der Waals surface area contributed by atoms with Crippen molar-refractivity contribution in [3.8, 4) is 0 Å². The van der Waals surface area contributed by atoms with Gasteiger partial charge >= 0.3 is 6.18 Å². The normalized spacial score (nSPS) is 28.8. The summed E-state index contributed by atoms with van der Waals surface area (Å²) in [6.45, 7) is 2.77. The Kier molecular flexibility index (Phi) is 4.83. The number of hydrogen-bond acceptors (Lipinski definition) is 4. The molecule has 0 N–H and O–H groups in total. The molecule has 1 aliphatic heterocycles. The number of rotatable bonds is 2. The third kappa shape index (κ3) is 3.72. The number of nitrogens with zero attached hydrogens (tertiary/aromatic N) is 3. The van der Waals surface area contributed by atoms with E-state index in [1.54, 1.807) is 11.8 Å². The Morgan fingerprint density at radius 1 is 1.25 bits per heavy atom. The van der Waals surface area contributed by atoms with E-state index in [4.69, 9.17) is 4.52 Å². The molecule has 1 aromatic rings. The summed E-state index contributed by atoms with van der Waals surface area (Å²) >= 11 is 0. The van der Waals surface area contributed by atoms with Gasteiger partial charge in [0.25, 0.3) is 0 Å². The van der Waals surface area contributed by atoms with Crippen LogP contribution in [-0.4, -0.2) is 40.2 Å². The van der Waals surface area contributed by atoms with Crippen molar-refractivity contribution in [2.24, 2.45) is 11.8 Å². The molecule has 1 saturated carbocycles. The van der Waals surface area contributed by atoms with E-state index < -0.39 is 18.0 Å². The van der Waals surface area contributed by atoms with Gasteiger partial charge in [-0.15, -0.1) is 0 Å². The van der Waals surface area contributed by atoms with Crippen LogP contribution in [0.3, 0.4) is 0 Å². The van der Waals surface area contributed by atoms with Crippen LogP contribution in [0.5, 0.6) is 0 Å². The first-order valence-electron chi connectivity index (χ1n) is 8.50. The molecule has 1 aliphatic carbocycles. The van der Waals surface area contributed by atoms with Crippen molar-refractivity contribution in [2.45, 2.75) is 57.5 Å². The van der Waals surface area contributed by atoms with Gasteiger partial charge in [-0.05, 0) is 32.1 Å². The molecular weight excluding hydrogens is 323 g/mol. The lowest BCUT2D eigenvalue weighted by atomic mass is 9.80. The van der Waals surface area contributed by atoms with Crippen LogP contribution in [0.25, 0.3) is 0 Å². The molecule has 0 bridgehead atoms. The Hall–Kier alpha value is -1.60. The van der Waals surface area contributed by atoms with E-state index in [0.717, 1.165) is 12.8 Å².